The van der Waals surface area contributed by atoms with Crippen LogP contribution in [-0.4, -0.2) is 64.6 Å². The molecular formula is C18H28N2O2. The van der Waals surface area contributed by atoms with E-state index >= 15 is 0 Å². The summed E-state index contributed by atoms with van der Waals surface area (Å²) in [6.07, 6.45) is 0. The van der Waals surface area contributed by atoms with Gasteiger partial charge < -0.3 is 19.3 Å². The van der Waals surface area contributed by atoms with E-state index in [9.17, 15) is 0 Å². The lowest BCUT2D eigenvalue weighted by atomic mass is 9.89. The quantitative estimate of drug-likeness (QED) is 0.833. The highest BCUT2D eigenvalue weighted by molar-refractivity contribution is 5.48. The van der Waals surface area contributed by atoms with Crippen LogP contribution in [0.15, 0.2) is 24.3 Å². The van der Waals surface area contributed by atoms with Crippen molar-refractivity contribution in [1.29, 1.82) is 0 Å². The molecule has 4 nitrogen and oxygen atoms in total. The Labute approximate surface area is 134 Å². The van der Waals surface area contributed by atoms with E-state index < -0.39 is 0 Å². The number of anilines is 1. The summed E-state index contributed by atoms with van der Waals surface area (Å²) in [5.74, 6) is 1.21. The molecule has 2 aliphatic rings. The van der Waals surface area contributed by atoms with Crippen molar-refractivity contribution in [3.05, 3.63) is 29.8 Å². The minimum atomic E-state index is 0.596. The Kier molecular flexibility index (Phi) is 5.34. The number of morpholine rings is 1. The van der Waals surface area contributed by atoms with Crippen molar-refractivity contribution in [1.82, 2.24) is 4.90 Å². The smallest absolute Gasteiger partial charge is 0.0642 e. The average molecular weight is 304 g/mol. The molecule has 2 saturated heterocycles. The van der Waals surface area contributed by atoms with Gasteiger partial charge in [-0.15, -0.1) is 0 Å². The van der Waals surface area contributed by atoms with Crippen LogP contribution in [-0.2, 0) is 9.47 Å². The summed E-state index contributed by atoms with van der Waals surface area (Å²) in [7, 11) is 1.81. The first-order valence-electron chi connectivity index (χ1n) is 8.45. The van der Waals surface area contributed by atoms with E-state index in [1.54, 1.807) is 0 Å². The first kappa shape index (κ1) is 15.8. The summed E-state index contributed by atoms with van der Waals surface area (Å²) >= 11 is 0. The number of rotatable bonds is 5. The second-order valence-corrected chi connectivity index (χ2v) is 6.37. The van der Waals surface area contributed by atoms with Gasteiger partial charge in [-0.3, -0.25) is 0 Å². The van der Waals surface area contributed by atoms with Crippen molar-refractivity contribution < 1.29 is 9.47 Å². The molecule has 3 rings (SSSR count). The fourth-order valence-corrected chi connectivity index (χ4v) is 3.73. The summed E-state index contributed by atoms with van der Waals surface area (Å²) in [4.78, 5) is 4.94. The normalized spacial score (nSPS) is 26.5. The van der Waals surface area contributed by atoms with Crippen molar-refractivity contribution >= 4 is 5.69 Å². The fourth-order valence-electron chi connectivity index (χ4n) is 3.73. The average Bonchev–Trinajstić information content (AvgIpc) is 2.99. The van der Waals surface area contributed by atoms with Gasteiger partial charge in [0.15, 0.2) is 0 Å². The minimum Gasteiger partial charge on any atom is -0.384 e. The van der Waals surface area contributed by atoms with E-state index in [-0.39, 0.29) is 0 Å². The third-order valence-electron chi connectivity index (χ3n) is 5.04. The van der Waals surface area contributed by atoms with Crippen LogP contribution in [0.4, 0.5) is 5.69 Å². The largest absolute Gasteiger partial charge is 0.384 e. The van der Waals surface area contributed by atoms with Gasteiger partial charge in [-0.05, 0) is 24.2 Å². The van der Waals surface area contributed by atoms with Crippen LogP contribution in [0.5, 0.6) is 0 Å². The van der Waals surface area contributed by atoms with E-state index in [0.29, 0.717) is 11.8 Å². The second-order valence-electron chi connectivity index (χ2n) is 6.37. The third-order valence-corrected chi connectivity index (χ3v) is 5.04. The van der Waals surface area contributed by atoms with Gasteiger partial charge in [0.05, 0.1) is 19.8 Å². The Morgan fingerprint density at radius 3 is 2.50 bits per heavy atom. The highest BCUT2D eigenvalue weighted by atomic mass is 16.5. The Balaban J connectivity index is 1.70. The van der Waals surface area contributed by atoms with Crippen molar-refractivity contribution in [3.63, 3.8) is 0 Å². The molecular weight excluding hydrogens is 276 g/mol. The van der Waals surface area contributed by atoms with Crippen LogP contribution in [0.1, 0.15) is 18.4 Å². The number of ether oxygens (including phenoxy) is 2. The van der Waals surface area contributed by atoms with Crippen LogP contribution in [0.25, 0.3) is 0 Å². The van der Waals surface area contributed by atoms with E-state index in [2.05, 4.69) is 41.0 Å². The van der Waals surface area contributed by atoms with E-state index in [4.69, 9.17) is 9.47 Å². The molecule has 1 aromatic carbocycles. The first-order chi connectivity index (χ1) is 10.8. The molecule has 0 N–H and O–H groups in total. The number of hydrogen-bond acceptors (Lipinski definition) is 4. The maximum absolute atomic E-state index is 5.44. The zero-order chi connectivity index (χ0) is 15.4. The molecule has 2 aliphatic heterocycles. The predicted molar refractivity (Wildman–Crippen MR) is 89.7 cm³/mol. The Morgan fingerprint density at radius 2 is 1.86 bits per heavy atom. The molecule has 0 saturated carbocycles. The van der Waals surface area contributed by atoms with Gasteiger partial charge in [-0.1, -0.05) is 19.1 Å². The van der Waals surface area contributed by atoms with Gasteiger partial charge in [-0.2, -0.15) is 0 Å². The Bertz CT molecular complexity index is 457. The zero-order valence-electron chi connectivity index (χ0n) is 13.8. The standard InChI is InChI=1S/C18H28N2O2/c1-3-19-12-16(14-21-2)18(13-19)15-4-6-17(7-5-15)20-8-10-22-11-9-20/h4-7,16,18H,3,8-14H2,1-2H3. The third kappa shape index (κ3) is 3.45. The molecule has 0 radical (unpaired) electrons. The minimum absolute atomic E-state index is 0.596. The maximum atomic E-state index is 5.44. The van der Waals surface area contributed by atoms with Gasteiger partial charge in [0.1, 0.15) is 0 Å². The summed E-state index contributed by atoms with van der Waals surface area (Å²) < 4.78 is 10.9. The van der Waals surface area contributed by atoms with Crippen molar-refractivity contribution in [2.24, 2.45) is 5.92 Å². The van der Waals surface area contributed by atoms with Gasteiger partial charge in [0.25, 0.3) is 0 Å². The van der Waals surface area contributed by atoms with Crippen LogP contribution in [0.3, 0.4) is 0 Å². The molecule has 2 fully saturated rings. The Hall–Kier alpha value is -1.10. The lowest BCUT2D eigenvalue weighted by molar-refractivity contribution is 0.122. The zero-order valence-corrected chi connectivity index (χ0v) is 13.8. The van der Waals surface area contributed by atoms with Gasteiger partial charge in [0.2, 0.25) is 0 Å². The lowest BCUT2D eigenvalue weighted by Crippen LogP contribution is -2.36. The van der Waals surface area contributed by atoms with E-state index in [1.165, 1.54) is 11.3 Å². The summed E-state index contributed by atoms with van der Waals surface area (Å²) in [6.45, 7) is 10.2. The molecule has 2 atom stereocenters. The Morgan fingerprint density at radius 1 is 1.14 bits per heavy atom. The van der Waals surface area contributed by atoms with Crippen molar-refractivity contribution in [2.45, 2.75) is 12.8 Å². The van der Waals surface area contributed by atoms with Crippen molar-refractivity contribution in [2.75, 3.05) is 64.6 Å². The molecule has 22 heavy (non-hydrogen) atoms. The highest BCUT2D eigenvalue weighted by Gasteiger charge is 2.32. The van der Waals surface area contributed by atoms with Gasteiger partial charge >= 0.3 is 0 Å². The maximum Gasteiger partial charge on any atom is 0.0642 e. The van der Waals surface area contributed by atoms with Gasteiger partial charge in [-0.25, -0.2) is 0 Å². The van der Waals surface area contributed by atoms with Crippen LogP contribution in [0.2, 0.25) is 0 Å². The molecule has 2 unspecified atom stereocenters. The molecule has 0 bridgehead atoms. The van der Waals surface area contributed by atoms with Crippen LogP contribution >= 0.6 is 0 Å². The fraction of sp³-hybridized carbons (Fsp3) is 0.667. The second kappa shape index (κ2) is 7.44. The molecule has 0 amide bonds. The SMILES string of the molecule is CCN1CC(COC)C(c2ccc(N3CCOCC3)cc2)C1. The predicted octanol–water partition coefficient (Wildman–Crippen LogP) is 2.20. The number of hydrogen-bond donors (Lipinski definition) is 0. The lowest BCUT2D eigenvalue weighted by Gasteiger charge is -2.29. The summed E-state index contributed by atoms with van der Waals surface area (Å²) in [6, 6.07) is 9.19. The number of nitrogens with zero attached hydrogens (tertiary/aromatic N) is 2. The number of benzene rings is 1. The van der Waals surface area contributed by atoms with E-state index in [1.807, 2.05) is 7.11 Å². The molecule has 122 valence electrons. The number of methoxy groups -OCH3 is 1. The molecule has 2 heterocycles. The monoisotopic (exact) mass is 304 g/mol. The van der Waals surface area contributed by atoms with E-state index in [0.717, 1.165) is 52.5 Å². The molecule has 0 aromatic heterocycles. The number of likely N-dealkylation sites (N-methyl/N-ethyl adjacent to an activating group) is 1. The van der Waals surface area contributed by atoms with Crippen LogP contribution in [0, 0.1) is 5.92 Å². The number of likely N-dealkylation sites (tertiary alicyclic amines) is 1. The van der Waals surface area contributed by atoms with Gasteiger partial charge in [0, 0.05) is 50.8 Å². The highest BCUT2D eigenvalue weighted by Crippen LogP contribution is 2.33. The molecule has 1 aromatic rings. The van der Waals surface area contributed by atoms with Crippen molar-refractivity contribution in [3.8, 4) is 0 Å². The molecule has 4 heteroatoms. The van der Waals surface area contributed by atoms with Crippen LogP contribution < -0.4 is 4.90 Å². The summed E-state index contributed by atoms with van der Waals surface area (Å²) in [5, 5.41) is 0. The first-order valence-corrected chi connectivity index (χ1v) is 8.45. The topological polar surface area (TPSA) is 24.9 Å². The molecule has 0 aliphatic carbocycles. The summed E-state index contributed by atoms with van der Waals surface area (Å²) in [5.41, 5.74) is 2.77. The molecule has 0 spiro atoms.